The largest absolute Gasteiger partial charge is 0.496 e. The van der Waals surface area contributed by atoms with Crippen LogP contribution < -0.4 is 14.8 Å². The van der Waals surface area contributed by atoms with Gasteiger partial charge in [-0.25, -0.2) is 4.79 Å². The Hall–Kier alpha value is -3.51. The number of fused-ring (bicyclic) bond motifs is 1. The van der Waals surface area contributed by atoms with E-state index >= 15 is 0 Å². The Morgan fingerprint density at radius 1 is 1.03 bits per heavy atom. The number of carbonyl (C=O) groups is 1. The Morgan fingerprint density at radius 3 is 2.17 bits per heavy atom. The van der Waals surface area contributed by atoms with Gasteiger partial charge < -0.3 is 24.6 Å². The fourth-order valence-corrected chi connectivity index (χ4v) is 5.37. The van der Waals surface area contributed by atoms with Crippen LogP contribution in [0.1, 0.15) is 35.6 Å². The second-order valence-electron chi connectivity index (χ2n) is 9.99. The van der Waals surface area contributed by atoms with E-state index in [9.17, 15) is 9.90 Å². The molecule has 6 heteroatoms. The summed E-state index contributed by atoms with van der Waals surface area (Å²) < 4.78 is 17.7. The zero-order chi connectivity index (χ0) is 25.4. The maximum Gasteiger partial charge on any atom is 0.329 e. The van der Waals surface area contributed by atoms with E-state index in [0.29, 0.717) is 13.0 Å². The molecule has 3 aromatic carbocycles. The van der Waals surface area contributed by atoms with Crippen molar-refractivity contribution in [2.75, 3.05) is 19.5 Å². The molecule has 5 rings (SSSR count). The molecule has 188 valence electrons. The molecular weight excluding hydrogens is 454 g/mol. The van der Waals surface area contributed by atoms with Crippen LogP contribution in [0, 0.1) is 12.8 Å². The average molecular weight is 488 g/mol. The second kappa shape index (κ2) is 9.51. The molecule has 0 saturated heterocycles. The fraction of sp³-hybridized carbons (Fsp3) is 0.367. The Kier molecular flexibility index (Phi) is 6.39. The normalized spacial score (nSPS) is 20.6. The van der Waals surface area contributed by atoms with Crippen LogP contribution in [0.4, 0.5) is 5.69 Å². The van der Waals surface area contributed by atoms with Gasteiger partial charge in [-0.05, 0) is 84.2 Å². The van der Waals surface area contributed by atoms with Gasteiger partial charge in [0.25, 0.3) is 0 Å². The molecule has 2 aliphatic carbocycles. The summed E-state index contributed by atoms with van der Waals surface area (Å²) in [6.45, 7) is 4.35. The topological polar surface area (TPSA) is 77.0 Å². The highest BCUT2D eigenvalue weighted by atomic mass is 16.5. The summed E-state index contributed by atoms with van der Waals surface area (Å²) in [4.78, 5) is 11.9. The number of rotatable bonds is 9. The molecule has 0 aliphatic heterocycles. The van der Waals surface area contributed by atoms with E-state index in [-0.39, 0.29) is 12.0 Å². The number of carboxylic acid groups (broad SMARTS) is 1. The van der Waals surface area contributed by atoms with Gasteiger partial charge in [-0.15, -0.1) is 0 Å². The number of ether oxygens (including phenoxy) is 3. The van der Waals surface area contributed by atoms with Gasteiger partial charge in [0.05, 0.1) is 26.9 Å². The highest BCUT2D eigenvalue weighted by molar-refractivity contribution is 5.87. The lowest BCUT2D eigenvalue weighted by Gasteiger charge is -2.20. The number of aliphatic carboxylic acids is 1. The number of anilines is 1. The molecule has 2 aliphatic rings. The maximum atomic E-state index is 11.9. The molecule has 3 aromatic rings. The van der Waals surface area contributed by atoms with Crippen molar-refractivity contribution < 1.29 is 24.1 Å². The summed E-state index contributed by atoms with van der Waals surface area (Å²) in [5.41, 5.74) is 6.46. The molecule has 2 N–H and O–H groups in total. The van der Waals surface area contributed by atoms with Crippen molar-refractivity contribution in [2.24, 2.45) is 5.92 Å². The molecule has 0 aromatic heterocycles. The SMILES string of the molecule is COc1cc(-c2ccc(N[C@@]3(C(=O)O)C[C@@H]3C)cc2COC2Cc3ccccc3C2)cc(OC)c1C. The summed E-state index contributed by atoms with van der Waals surface area (Å²) in [5.74, 6) is 0.771. The first kappa shape index (κ1) is 24.2. The highest BCUT2D eigenvalue weighted by Crippen LogP contribution is 2.46. The predicted octanol–water partition coefficient (Wildman–Crippen LogP) is 5.64. The smallest absolute Gasteiger partial charge is 0.329 e. The van der Waals surface area contributed by atoms with Crippen molar-refractivity contribution >= 4 is 11.7 Å². The van der Waals surface area contributed by atoms with Crippen LogP contribution in [0.15, 0.2) is 54.6 Å². The third-order valence-electron chi connectivity index (χ3n) is 7.71. The molecule has 0 heterocycles. The van der Waals surface area contributed by atoms with Gasteiger partial charge in [-0.1, -0.05) is 37.3 Å². The van der Waals surface area contributed by atoms with Crippen molar-refractivity contribution in [2.45, 2.75) is 51.4 Å². The number of hydrogen-bond acceptors (Lipinski definition) is 5. The Labute approximate surface area is 212 Å². The summed E-state index contributed by atoms with van der Waals surface area (Å²) in [6.07, 6.45) is 2.52. The Morgan fingerprint density at radius 2 is 1.64 bits per heavy atom. The minimum Gasteiger partial charge on any atom is -0.496 e. The lowest BCUT2D eigenvalue weighted by molar-refractivity contribution is -0.139. The minimum absolute atomic E-state index is 0.0805. The van der Waals surface area contributed by atoms with Crippen LogP contribution >= 0.6 is 0 Å². The van der Waals surface area contributed by atoms with E-state index in [1.165, 1.54) is 11.1 Å². The van der Waals surface area contributed by atoms with E-state index < -0.39 is 11.5 Å². The fourth-order valence-electron chi connectivity index (χ4n) is 5.37. The van der Waals surface area contributed by atoms with Crippen LogP contribution in [0.25, 0.3) is 11.1 Å². The third-order valence-corrected chi connectivity index (χ3v) is 7.71. The number of hydrogen-bond donors (Lipinski definition) is 2. The van der Waals surface area contributed by atoms with Crippen molar-refractivity contribution in [1.82, 2.24) is 0 Å². The summed E-state index contributed by atoms with van der Waals surface area (Å²) in [5, 5.41) is 13.1. The number of benzene rings is 3. The van der Waals surface area contributed by atoms with Gasteiger partial charge in [0.1, 0.15) is 17.0 Å². The van der Waals surface area contributed by atoms with Crippen molar-refractivity contribution in [1.29, 1.82) is 0 Å². The lowest BCUT2D eigenvalue weighted by atomic mass is 9.97. The number of nitrogens with one attached hydrogen (secondary N) is 1. The molecule has 0 spiro atoms. The Balaban J connectivity index is 1.47. The van der Waals surface area contributed by atoms with Crippen molar-refractivity contribution in [3.05, 3.63) is 76.9 Å². The standard InChI is InChI=1S/C30H33NO5/c1-18-16-30(18,29(32)33)31-24-9-10-26(22-14-27(34-3)19(2)28(15-22)35-4)23(11-24)17-36-25-12-20-7-5-6-8-21(20)13-25/h5-11,14-15,18,25,31H,12-13,16-17H2,1-4H3,(H,32,33)/t18-,30-/m0/s1. The zero-order valence-electron chi connectivity index (χ0n) is 21.3. The predicted molar refractivity (Wildman–Crippen MR) is 140 cm³/mol. The molecule has 0 unspecified atom stereocenters. The summed E-state index contributed by atoms with van der Waals surface area (Å²) in [6, 6.07) is 18.5. The van der Waals surface area contributed by atoms with Crippen molar-refractivity contribution in [3.8, 4) is 22.6 Å². The maximum absolute atomic E-state index is 11.9. The van der Waals surface area contributed by atoms with Gasteiger partial charge in [0.2, 0.25) is 0 Å². The first-order valence-corrected chi connectivity index (χ1v) is 12.4. The molecule has 0 amide bonds. The first-order valence-electron chi connectivity index (χ1n) is 12.4. The van der Waals surface area contributed by atoms with Gasteiger partial charge in [-0.2, -0.15) is 0 Å². The first-order chi connectivity index (χ1) is 17.3. The monoisotopic (exact) mass is 487 g/mol. The van der Waals surface area contributed by atoms with Crippen LogP contribution in [-0.4, -0.2) is 36.9 Å². The van der Waals surface area contributed by atoms with Crippen LogP contribution in [0.3, 0.4) is 0 Å². The van der Waals surface area contributed by atoms with Gasteiger partial charge in [-0.3, -0.25) is 0 Å². The quantitative estimate of drug-likeness (QED) is 0.407. The van der Waals surface area contributed by atoms with E-state index in [1.54, 1.807) is 14.2 Å². The second-order valence-corrected chi connectivity index (χ2v) is 9.99. The summed E-state index contributed by atoms with van der Waals surface area (Å²) >= 11 is 0. The third kappa shape index (κ3) is 4.42. The molecule has 36 heavy (non-hydrogen) atoms. The van der Waals surface area contributed by atoms with Gasteiger partial charge >= 0.3 is 5.97 Å². The van der Waals surface area contributed by atoms with Gasteiger partial charge in [0.15, 0.2) is 0 Å². The van der Waals surface area contributed by atoms with Crippen LogP contribution in [-0.2, 0) is 29.0 Å². The molecule has 0 bridgehead atoms. The highest BCUT2D eigenvalue weighted by Gasteiger charge is 2.58. The van der Waals surface area contributed by atoms with Crippen molar-refractivity contribution in [3.63, 3.8) is 0 Å². The number of carboxylic acids is 1. The molecule has 0 radical (unpaired) electrons. The Bertz CT molecular complexity index is 1250. The minimum atomic E-state index is -0.900. The lowest BCUT2D eigenvalue weighted by Crippen LogP contribution is -2.33. The zero-order valence-corrected chi connectivity index (χ0v) is 21.3. The number of methoxy groups -OCH3 is 2. The molecular formula is C30H33NO5. The van der Waals surface area contributed by atoms with Crippen LogP contribution in [0.2, 0.25) is 0 Å². The van der Waals surface area contributed by atoms with E-state index in [0.717, 1.165) is 52.3 Å². The average Bonchev–Trinajstić information content (AvgIpc) is 3.34. The molecule has 1 fully saturated rings. The van der Waals surface area contributed by atoms with E-state index in [2.05, 4.69) is 29.6 Å². The molecule has 1 saturated carbocycles. The summed E-state index contributed by atoms with van der Waals surface area (Å²) in [7, 11) is 3.31. The van der Waals surface area contributed by atoms with E-state index in [1.807, 2.05) is 44.2 Å². The molecule has 2 atom stereocenters. The molecule has 6 nitrogen and oxygen atoms in total. The van der Waals surface area contributed by atoms with Gasteiger partial charge in [0, 0.05) is 11.3 Å². The van der Waals surface area contributed by atoms with Crippen LogP contribution in [0.5, 0.6) is 11.5 Å². The van der Waals surface area contributed by atoms with E-state index in [4.69, 9.17) is 14.2 Å².